The fraction of sp³-hybridized carbons (Fsp3) is 0.652. The van der Waals surface area contributed by atoms with Gasteiger partial charge in [-0.05, 0) is 67.0 Å². The summed E-state index contributed by atoms with van der Waals surface area (Å²) >= 11 is 0. The maximum absolute atomic E-state index is 12.8. The van der Waals surface area contributed by atoms with Crippen LogP contribution in [0, 0.1) is 6.92 Å². The Kier molecular flexibility index (Phi) is 8.40. The first kappa shape index (κ1) is 26.9. The highest BCUT2D eigenvalue weighted by Gasteiger charge is 2.36. The number of aryl methyl sites for hydroxylation is 1. The lowest BCUT2D eigenvalue weighted by molar-refractivity contribution is -0.0172. The van der Waals surface area contributed by atoms with E-state index in [1.807, 2.05) is 6.92 Å². The first-order valence-electron chi connectivity index (χ1n) is 11.0. The number of hydrogen-bond acceptors (Lipinski definition) is 7. The van der Waals surface area contributed by atoms with Crippen LogP contribution in [-0.2, 0) is 23.8 Å². The Balaban J connectivity index is 2.10. The van der Waals surface area contributed by atoms with Crippen molar-refractivity contribution < 1.29 is 31.7 Å². The van der Waals surface area contributed by atoms with E-state index in [9.17, 15) is 18.0 Å². The van der Waals surface area contributed by atoms with E-state index in [0.29, 0.717) is 0 Å². The maximum Gasteiger partial charge on any atom is 0.410 e. The molecule has 1 atom stereocenters. The fourth-order valence-corrected chi connectivity index (χ4v) is 4.14. The zero-order valence-corrected chi connectivity index (χ0v) is 21.4. The van der Waals surface area contributed by atoms with Crippen molar-refractivity contribution >= 4 is 22.3 Å². The first-order chi connectivity index (χ1) is 15.1. The van der Waals surface area contributed by atoms with Crippen molar-refractivity contribution in [2.24, 2.45) is 0 Å². The molecule has 0 aromatic heterocycles. The highest BCUT2D eigenvalue weighted by molar-refractivity contribution is 7.86. The first-order valence-corrected chi connectivity index (χ1v) is 12.4. The van der Waals surface area contributed by atoms with Crippen molar-refractivity contribution in [1.29, 1.82) is 0 Å². The summed E-state index contributed by atoms with van der Waals surface area (Å²) in [5, 5.41) is 0. The maximum atomic E-state index is 12.8. The van der Waals surface area contributed by atoms with Gasteiger partial charge in [0, 0.05) is 19.6 Å². The lowest BCUT2D eigenvalue weighted by Crippen LogP contribution is -2.58. The van der Waals surface area contributed by atoms with Gasteiger partial charge in [-0.2, -0.15) is 8.42 Å². The number of carbonyl (C=O) groups excluding carboxylic acids is 2. The molecule has 10 heteroatoms. The van der Waals surface area contributed by atoms with E-state index in [0.717, 1.165) is 5.56 Å². The SMILES string of the molecule is Cc1ccc(S(=O)(=O)OCCC2CN(C(=O)OC(C)(C)C)CCN2C(=O)OC(C)(C)C)cc1. The molecule has 2 amide bonds. The van der Waals surface area contributed by atoms with Crippen molar-refractivity contribution in [2.75, 3.05) is 26.2 Å². The minimum Gasteiger partial charge on any atom is -0.444 e. The predicted molar refractivity (Wildman–Crippen MR) is 123 cm³/mol. The van der Waals surface area contributed by atoms with Gasteiger partial charge in [-0.25, -0.2) is 9.59 Å². The van der Waals surface area contributed by atoms with Crippen LogP contribution in [0.4, 0.5) is 9.59 Å². The topological polar surface area (TPSA) is 102 Å². The van der Waals surface area contributed by atoms with Crippen LogP contribution in [0.3, 0.4) is 0 Å². The molecule has 9 nitrogen and oxygen atoms in total. The van der Waals surface area contributed by atoms with Crippen molar-refractivity contribution in [1.82, 2.24) is 9.80 Å². The largest absolute Gasteiger partial charge is 0.444 e. The molecule has 2 rings (SSSR count). The molecular formula is C23H36N2O7S. The predicted octanol–water partition coefficient (Wildman–Crippen LogP) is 3.95. The van der Waals surface area contributed by atoms with Gasteiger partial charge in [-0.1, -0.05) is 17.7 Å². The third-order valence-corrected chi connectivity index (χ3v) is 6.09. The molecule has 0 N–H and O–H groups in total. The van der Waals surface area contributed by atoms with E-state index in [1.165, 1.54) is 21.9 Å². The summed E-state index contributed by atoms with van der Waals surface area (Å²) in [5.41, 5.74) is -0.402. The molecule has 1 unspecified atom stereocenters. The molecule has 0 radical (unpaired) electrons. The van der Waals surface area contributed by atoms with E-state index in [1.54, 1.807) is 53.7 Å². The summed E-state index contributed by atoms with van der Waals surface area (Å²) in [7, 11) is -3.94. The fourth-order valence-electron chi connectivity index (χ4n) is 3.22. The van der Waals surface area contributed by atoms with Crippen molar-refractivity contribution in [3.63, 3.8) is 0 Å². The van der Waals surface area contributed by atoms with Crippen LogP contribution in [0.15, 0.2) is 29.2 Å². The molecule has 1 aromatic rings. The number of ether oxygens (including phenoxy) is 2. The van der Waals surface area contributed by atoms with E-state index in [-0.39, 0.29) is 37.6 Å². The van der Waals surface area contributed by atoms with Crippen molar-refractivity contribution in [3.8, 4) is 0 Å². The van der Waals surface area contributed by atoms with Crippen LogP contribution in [0.1, 0.15) is 53.5 Å². The molecule has 0 aliphatic carbocycles. The zero-order valence-electron chi connectivity index (χ0n) is 20.6. The van der Waals surface area contributed by atoms with Gasteiger partial charge in [0.05, 0.1) is 17.5 Å². The Morgan fingerprint density at radius 3 is 2.03 bits per heavy atom. The standard InChI is InChI=1S/C23H36N2O7S/c1-17-8-10-19(11-9-17)33(28,29)30-15-12-18-16-24(20(26)31-22(2,3)4)13-14-25(18)21(27)32-23(5,6)7/h8-11,18H,12-16H2,1-7H3. The third-order valence-electron chi connectivity index (χ3n) is 4.76. The molecule has 0 bridgehead atoms. The molecular weight excluding hydrogens is 448 g/mol. The Hall–Kier alpha value is -2.33. The lowest BCUT2D eigenvalue weighted by Gasteiger charge is -2.41. The second-order valence-corrected chi connectivity index (χ2v) is 11.7. The van der Waals surface area contributed by atoms with Crippen LogP contribution in [0.5, 0.6) is 0 Å². The average molecular weight is 485 g/mol. The molecule has 0 saturated carbocycles. The van der Waals surface area contributed by atoms with Crippen LogP contribution in [-0.4, -0.2) is 73.9 Å². The van der Waals surface area contributed by atoms with Crippen LogP contribution < -0.4 is 0 Å². The zero-order chi connectivity index (χ0) is 25.0. The number of piperazine rings is 1. The Labute approximate surface area is 197 Å². The number of carbonyl (C=O) groups is 2. The highest BCUT2D eigenvalue weighted by Crippen LogP contribution is 2.21. The quantitative estimate of drug-likeness (QED) is 0.583. The molecule has 0 spiro atoms. The van der Waals surface area contributed by atoms with E-state index < -0.39 is 39.5 Å². The Morgan fingerprint density at radius 1 is 0.939 bits per heavy atom. The minimum absolute atomic E-state index is 0.0659. The van der Waals surface area contributed by atoms with E-state index in [2.05, 4.69) is 0 Å². The van der Waals surface area contributed by atoms with E-state index in [4.69, 9.17) is 13.7 Å². The van der Waals surface area contributed by atoms with Gasteiger partial charge in [0.25, 0.3) is 10.1 Å². The molecule has 33 heavy (non-hydrogen) atoms. The molecule has 1 aliphatic heterocycles. The molecule has 1 aromatic carbocycles. The van der Waals surface area contributed by atoms with Gasteiger partial charge >= 0.3 is 12.2 Å². The van der Waals surface area contributed by atoms with Gasteiger partial charge in [-0.3, -0.25) is 4.18 Å². The monoisotopic (exact) mass is 484 g/mol. The third kappa shape index (κ3) is 8.51. The van der Waals surface area contributed by atoms with Crippen molar-refractivity contribution in [3.05, 3.63) is 29.8 Å². The number of amides is 2. The molecule has 1 fully saturated rings. The Bertz CT molecular complexity index is 931. The summed E-state index contributed by atoms with van der Waals surface area (Å²) in [6, 6.07) is 5.88. The van der Waals surface area contributed by atoms with E-state index >= 15 is 0 Å². The lowest BCUT2D eigenvalue weighted by atomic mass is 10.1. The number of benzene rings is 1. The number of hydrogen-bond donors (Lipinski definition) is 0. The summed E-state index contributed by atoms with van der Waals surface area (Å²) in [4.78, 5) is 28.4. The smallest absolute Gasteiger partial charge is 0.410 e. The average Bonchev–Trinajstić information content (AvgIpc) is 2.65. The van der Waals surface area contributed by atoms with Gasteiger partial charge in [0.15, 0.2) is 0 Å². The normalized spacial score (nSPS) is 17.6. The summed E-state index contributed by atoms with van der Waals surface area (Å²) < 4.78 is 41.2. The van der Waals surface area contributed by atoms with Crippen LogP contribution >= 0.6 is 0 Å². The molecule has 1 saturated heterocycles. The van der Waals surface area contributed by atoms with Crippen LogP contribution in [0.25, 0.3) is 0 Å². The molecule has 1 aliphatic rings. The second-order valence-electron chi connectivity index (χ2n) is 10.1. The van der Waals surface area contributed by atoms with Gasteiger partial charge < -0.3 is 19.3 Å². The summed E-state index contributed by atoms with van der Waals surface area (Å²) in [6.07, 6.45) is -0.800. The molecule has 1 heterocycles. The number of nitrogens with zero attached hydrogens (tertiary/aromatic N) is 2. The molecule has 186 valence electrons. The van der Waals surface area contributed by atoms with Gasteiger partial charge in [0.1, 0.15) is 11.2 Å². The summed E-state index contributed by atoms with van der Waals surface area (Å²) in [5.74, 6) is 0. The second kappa shape index (κ2) is 10.3. The van der Waals surface area contributed by atoms with Crippen molar-refractivity contribution in [2.45, 2.75) is 77.0 Å². The van der Waals surface area contributed by atoms with Gasteiger partial charge in [-0.15, -0.1) is 0 Å². The summed E-state index contributed by atoms with van der Waals surface area (Å²) in [6.45, 7) is 13.1. The van der Waals surface area contributed by atoms with Crippen LogP contribution in [0.2, 0.25) is 0 Å². The highest BCUT2D eigenvalue weighted by atomic mass is 32.2. The van der Waals surface area contributed by atoms with Gasteiger partial charge in [0.2, 0.25) is 0 Å². The Morgan fingerprint density at radius 2 is 1.48 bits per heavy atom. The minimum atomic E-state index is -3.94. The number of rotatable bonds is 5.